The van der Waals surface area contributed by atoms with Crippen LogP contribution in [0.4, 0.5) is 11.4 Å². The molecule has 1 N–H and O–H groups in total. The third kappa shape index (κ3) is 4.20. The maximum atomic E-state index is 13.4. The maximum Gasteiger partial charge on any atom is 0.270 e. The number of anilines is 1. The van der Waals surface area contributed by atoms with Crippen LogP contribution in [0, 0.1) is 10.1 Å². The van der Waals surface area contributed by atoms with Crippen LogP contribution in [0.5, 0.6) is 5.75 Å². The molecule has 1 heterocycles. The number of fused-ring (bicyclic) bond motifs is 1. The van der Waals surface area contributed by atoms with Crippen molar-refractivity contribution >= 4 is 28.2 Å². The first-order chi connectivity index (χ1) is 15.5. The van der Waals surface area contributed by atoms with Gasteiger partial charge in [-0.3, -0.25) is 19.7 Å². The number of non-ortho nitro benzene ring substituents is 1. The highest BCUT2D eigenvalue weighted by molar-refractivity contribution is 6.06. The van der Waals surface area contributed by atoms with E-state index in [1.54, 1.807) is 36.4 Å². The molecule has 0 bridgehead atoms. The van der Waals surface area contributed by atoms with Crippen LogP contribution in [0.25, 0.3) is 10.9 Å². The van der Waals surface area contributed by atoms with Crippen LogP contribution in [0.15, 0.2) is 83.7 Å². The Labute approximate surface area is 182 Å². The van der Waals surface area contributed by atoms with E-state index in [1.807, 2.05) is 18.2 Å². The molecule has 0 aliphatic heterocycles. The Morgan fingerprint density at radius 3 is 2.50 bits per heavy atom. The SMILES string of the molecule is COc1ccc(N(Cc2cc3ccccc3[nH]c2=O)C(=O)c2cccc([N+](=O)[O-])c2)cc1. The molecular formula is C24H19N3O5. The molecule has 0 atom stereocenters. The van der Waals surface area contributed by atoms with E-state index in [0.29, 0.717) is 22.5 Å². The van der Waals surface area contributed by atoms with Crippen molar-refractivity contribution in [1.82, 2.24) is 4.98 Å². The molecule has 4 rings (SSSR count). The number of hydrogen-bond acceptors (Lipinski definition) is 5. The van der Waals surface area contributed by atoms with Crippen molar-refractivity contribution in [1.29, 1.82) is 0 Å². The van der Waals surface area contributed by atoms with Crippen LogP contribution in [-0.4, -0.2) is 22.9 Å². The number of para-hydroxylation sites is 1. The molecular weight excluding hydrogens is 410 g/mol. The van der Waals surface area contributed by atoms with Gasteiger partial charge in [0, 0.05) is 34.5 Å². The van der Waals surface area contributed by atoms with Crippen LogP contribution >= 0.6 is 0 Å². The summed E-state index contributed by atoms with van der Waals surface area (Å²) in [6, 6.07) is 21.4. The van der Waals surface area contributed by atoms with Crippen molar-refractivity contribution in [2.75, 3.05) is 12.0 Å². The molecule has 160 valence electrons. The number of aromatic nitrogens is 1. The summed E-state index contributed by atoms with van der Waals surface area (Å²) >= 11 is 0. The lowest BCUT2D eigenvalue weighted by atomic mass is 10.1. The van der Waals surface area contributed by atoms with Gasteiger partial charge in [-0.15, -0.1) is 0 Å². The number of aromatic amines is 1. The summed E-state index contributed by atoms with van der Waals surface area (Å²) in [5.41, 5.74) is 1.26. The first-order valence-electron chi connectivity index (χ1n) is 9.77. The Morgan fingerprint density at radius 1 is 1.03 bits per heavy atom. The van der Waals surface area contributed by atoms with Gasteiger partial charge in [0.15, 0.2) is 0 Å². The van der Waals surface area contributed by atoms with Crippen molar-refractivity contribution < 1.29 is 14.5 Å². The van der Waals surface area contributed by atoms with E-state index in [0.717, 1.165) is 5.39 Å². The third-order valence-corrected chi connectivity index (χ3v) is 5.09. The highest BCUT2D eigenvalue weighted by atomic mass is 16.6. The second-order valence-electron chi connectivity index (χ2n) is 7.11. The summed E-state index contributed by atoms with van der Waals surface area (Å²) in [4.78, 5) is 41.0. The van der Waals surface area contributed by atoms with E-state index in [2.05, 4.69) is 4.98 Å². The number of hydrogen-bond donors (Lipinski definition) is 1. The number of benzene rings is 3. The first-order valence-corrected chi connectivity index (χ1v) is 9.77. The fourth-order valence-electron chi connectivity index (χ4n) is 3.43. The Morgan fingerprint density at radius 2 is 1.78 bits per heavy atom. The van der Waals surface area contributed by atoms with Gasteiger partial charge in [-0.2, -0.15) is 0 Å². The van der Waals surface area contributed by atoms with E-state index < -0.39 is 10.8 Å². The molecule has 0 saturated carbocycles. The van der Waals surface area contributed by atoms with Gasteiger partial charge >= 0.3 is 0 Å². The molecule has 0 radical (unpaired) electrons. The smallest absolute Gasteiger partial charge is 0.270 e. The van der Waals surface area contributed by atoms with E-state index in [9.17, 15) is 19.7 Å². The van der Waals surface area contributed by atoms with Gasteiger partial charge in [0.05, 0.1) is 18.6 Å². The summed E-state index contributed by atoms with van der Waals surface area (Å²) in [6.45, 7) is -0.0198. The molecule has 0 unspecified atom stereocenters. The molecule has 0 spiro atoms. The predicted octanol–water partition coefficient (Wildman–Crippen LogP) is 4.29. The molecule has 3 aromatic carbocycles. The number of ether oxygens (including phenoxy) is 1. The van der Waals surface area contributed by atoms with Crippen LogP contribution in [-0.2, 0) is 6.54 Å². The van der Waals surface area contributed by atoms with Gasteiger partial charge in [0.1, 0.15) is 5.75 Å². The van der Waals surface area contributed by atoms with E-state index in [1.165, 1.54) is 36.3 Å². The second kappa shape index (κ2) is 8.73. The number of nitrogens with one attached hydrogen (secondary N) is 1. The summed E-state index contributed by atoms with van der Waals surface area (Å²) in [6.07, 6.45) is 0. The Kier molecular flexibility index (Phi) is 5.67. The summed E-state index contributed by atoms with van der Waals surface area (Å²) < 4.78 is 5.19. The molecule has 0 fully saturated rings. The van der Waals surface area contributed by atoms with Gasteiger partial charge in [0.25, 0.3) is 17.2 Å². The van der Waals surface area contributed by atoms with Gasteiger partial charge in [-0.25, -0.2) is 0 Å². The summed E-state index contributed by atoms with van der Waals surface area (Å²) in [5, 5.41) is 12.0. The number of nitro groups is 1. The molecule has 8 nitrogen and oxygen atoms in total. The molecule has 1 aromatic heterocycles. The predicted molar refractivity (Wildman–Crippen MR) is 121 cm³/mol. The van der Waals surface area contributed by atoms with Crippen LogP contribution in [0.3, 0.4) is 0 Å². The number of nitrogens with zero attached hydrogens (tertiary/aromatic N) is 2. The van der Waals surface area contributed by atoms with Crippen molar-refractivity contribution in [3.8, 4) is 5.75 Å². The van der Waals surface area contributed by atoms with Crippen molar-refractivity contribution in [3.05, 3.63) is 110 Å². The van der Waals surface area contributed by atoms with E-state index >= 15 is 0 Å². The van der Waals surface area contributed by atoms with Crippen LogP contribution in [0.2, 0.25) is 0 Å². The zero-order valence-electron chi connectivity index (χ0n) is 17.1. The molecule has 0 aliphatic carbocycles. The fourth-order valence-corrected chi connectivity index (χ4v) is 3.43. The van der Waals surface area contributed by atoms with Crippen LogP contribution in [0.1, 0.15) is 15.9 Å². The lowest BCUT2D eigenvalue weighted by Crippen LogP contribution is -2.33. The van der Waals surface area contributed by atoms with Gasteiger partial charge in [0.2, 0.25) is 0 Å². The number of carbonyl (C=O) groups excluding carboxylic acids is 1. The summed E-state index contributed by atoms with van der Waals surface area (Å²) in [5.74, 6) is 0.145. The minimum absolute atomic E-state index is 0.0198. The zero-order chi connectivity index (χ0) is 22.7. The third-order valence-electron chi connectivity index (χ3n) is 5.09. The highest BCUT2D eigenvalue weighted by Crippen LogP contribution is 2.24. The zero-order valence-corrected chi connectivity index (χ0v) is 17.1. The summed E-state index contributed by atoms with van der Waals surface area (Å²) in [7, 11) is 1.54. The number of H-pyrrole nitrogens is 1. The normalized spacial score (nSPS) is 10.7. The van der Waals surface area contributed by atoms with E-state index in [4.69, 9.17) is 4.74 Å². The maximum absolute atomic E-state index is 13.4. The van der Waals surface area contributed by atoms with Gasteiger partial charge in [-0.05, 0) is 47.9 Å². The number of amides is 1. The largest absolute Gasteiger partial charge is 0.497 e. The first kappa shape index (κ1) is 20.8. The number of rotatable bonds is 6. The topological polar surface area (TPSA) is 106 Å². The molecule has 32 heavy (non-hydrogen) atoms. The minimum atomic E-state index is -0.553. The van der Waals surface area contributed by atoms with Gasteiger partial charge in [-0.1, -0.05) is 24.3 Å². The Balaban J connectivity index is 1.78. The minimum Gasteiger partial charge on any atom is -0.497 e. The lowest BCUT2D eigenvalue weighted by molar-refractivity contribution is -0.384. The average molecular weight is 429 g/mol. The van der Waals surface area contributed by atoms with Crippen molar-refractivity contribution in [3.63, 3.8) is 0 Å². The number of nitro benzene ring substituents is 1. The monoisotopic (exact) mass is 429 g/mol. The van der Waals surface area contributed by atoms with Crippen LogP contribution < -0.4 is 15.2 Å². The molecule has 1 amide bonds. The van der Waals surface area contributed by atoms with Crippen molar-refractivity contribution in [2.45, 2.75) is 6.54 Å². The quantitative estimate of drug-likeness (QED) is 0.364. The average Bonchev–Trinajstić information content (AvgIpc) is 2.82. The highest BCUT2D eigenvalue weighted by Gasteiger charge is 2.22. The number of pyridine rings is 1. The van der Waals surface area contributed by atoms with Gasteiger partial charge < -0.3 is 14.6 Å². The van der Waals surface area contributed by atoms with Crippen molar-refractivity contribution in [2.24, 2.45) is 0 Å². The number of methoxy groups -OCH3 is 1. The lowest BCUT2D eigenvalue weighted by Gasteiger charge is -2.23. The molecule has 0 saturated heterocycles. The second-order valence-corrected chi connectivity index (χ2v) is 7.11. The van der Waals surface area contributed by atoms with E-state index in [-0.39, 0.29) is 23.4 Å². The molecule has 0 aliphatic rings. The molecule has 8 heteroatoms. The number of carbonyl (C=O) groups is 1. The Bertz CT molecular complexity index is 1360. The standard InChI is InChI=1S/C24H19N3O5/c1-32-21-11-9-19(10-12-21)26(24(29)17-6-4-7-20(14-17)27(30)31)15-18-13-16-5-2-3-8-22(16)25-23(18)28/h2-14H,15H2,1H3,(H,25,28). The fraction of sp³-hybridized carbons (Fsp3) is 0.0833. The molecule has 4 aromatic rings. The Hall–Kier alpha value is -4.46.